The van der Waals surface area contributed by atoms with E-state index in [0.717, 1.165) is 74.5 Å². The van der Waals surface area contributed by atoms with Crippen molar-refractivity contribution in [2.45, 2.75) is 29.5 Å². The molecule has 4 aliphatic rings. The minimum absolute atomic E-state index is 0.0207. The van der Waals surface area contributed by atoms with E-state index in [1.54, 1.807) is 12.4 Å². The molecule has 182 valence electrons. The SMILES string of the molecule is CN1CCN(C2=CN=C3C(C4CCN(C(=O)c5ccc(S(C)(=O)=O)s5)CC4)=NC=NC3C2)CC1. The predicted molar refractivity (Wildman–Crippen MR) is 135 cm³/mol. The molecule has 5 rings (SSSR count). The van der Waals surface area contributed by atoms with Gasteiger partial charge in [-0.2, -0.15) is 0 Å². The smallest absolute Gasteiger partial charge is 0.263 e. The number of hydrogen-bond acceptors (Lipinski definition) is 9. The molecular formula is C23H30N6O3S2. The molecule has 5 heterocycles. The van der Waals surface area contributed by atoms with E-state index < -0.39 is 9.84 Å². The van der Waals surface area contributed by atoms with Crippen molar-refractivity contribution in [1.29, 1.82) is 0 Å². The third kappa shape index (κ3) is 4.73. The van der Waals surface area contributed by atoms with Crippen molar-refractivity contribution in [1.82, 2.24) is 14.7 Å². The Morgan fingerprint density at radius 2 is 1.76 bits per heavy atom. The number of fused-ring (bicyclic) bond motifs is 1. The molecule has 1 amide bonds. The number of amides is 1. The Balaban J connectivity index is 1.23. The van der Waals surface area contributed by atoms with Gasteiger partial charge in [0, 0.05) is 69.8 Å². The summed E-state index contributed by atoms with van der Waals surface area (Å²) in [5.41, 5.74) is 3.24. The largest absolute Gasteiger partial charge is 0.371 e. The third-order valence-electron chi connectivity index (χ3n) is 7.01. The van der Waals surface area contributed by atoms with Crippen LogP contribution in [0.5, 0.6) is 0 Å². The summed E-state index contributed by atoms with van der Waals surface area (Å²) in [7, 11) is -1.14. The quantitative estimate of drug-likeness (QED) is 0.625. The number of aliphatic imine (C=N–C) groups is 3. The topological polar surface area (TPSA) is 98.0 Å². The molecule has 1 atom stereocenters. The summed E-state index contributed by atoms with van der Waals surface area (Å²) < 4.78 is 23.7. The lowest BCUT2D eigenvalue weighted by Gasteiger charge is -2.38. The number of nitrogens with zero attached hydrogens (tertiary/aromatic N) is 6. The van der Waals surface area contributed by atoms with Crippen LogP contribution in [-0.2, 0) is 9.84 Å². The Bertz CT molecular complexity index is 1180. The Morgan fingerprint density at radius 1 is 1.03 bits per heavy atom. The summed E-state index contributed by atoms with van der Waals surface area (Å²) in [5, 5.41) is 0. The maximum absolute atomic E-state index is 12.9. The van der Waals surface area contributed by atoms with Gasteiger partial charge in [0.1, 0.15) is 16.6 Å². The number of piperidine rings is 1. The molecule has 4 aliphatic heterocycles. The first kappa shape index (κ1) is 23.4. The molecule has 9 nitrogen and oxygen atoms in total. The van der Waals surface area contributed by atoms with Crippen LogP contribution in [0.4, 0.5) is 0 Å². The van der Waals surface area contributed by atoms with Gasteiger partial charge in [-0.3, -0.25) is 14.8 Å². The van der Waals surface area contributed by atoms with Crippen LogP contribution >= 0.6 is 11.3 Å². The van der Waals surface area contributed by atoms with Crippen molar-refractivity contribution in [2.75, 3.05) is 52.6 Å². The molecule has 1 aromatic rings. The van der Waals surface area contributed by atoms with Gasteiger partial charge in [0.25, 0.3) is 5.91 Å². The van der Waals surface area contributed by atoms with Crippen molar-refractivity contribution >= 4 is 44.8 Å². The molecule has 2 fully saturated rings. The van der Waals surface area contributed by atoms with Gasteiger partial charge in [-0.05, 0) is 32.0 Å². The molecule has 0 N–H and O–H groups in total. The standard InChI is InChI=1S/C23H30N6O3S2/c1-27-9-11-28(12-10-27)17-13-18-22(24-14-17)21(26-15-25-18)16-5-7-29(8-6-16)23(30)19-3-4-20(33-19)34(2,31)32/h3-4,14-16,18H,5-13H2,1-2H3. The predicted octanol–water partition coefficient (Wildman–Crippen LogP) is 1.79. The zero-order valence-electron chi connectivity index (χ0n) is 19.6. The normalized spacial score (nSPS) is 24.4. The van der Waals surface area contributed by atoms with Gasteiger partial charge in [0.05, 0.1) is 16.3 Å². The van der Waals surface area contributed by atoms with Crippen molar-refractivity contribution in [3.8, 4) is 0 Å². The van der Waals surface area contributed by atoms with Crippen molar-refractivity contribution in [3.63, 3.8) is 0 Å². The van der Waals surface area contributed by atoms with Crippen LogP contribution in [0.1, 0.15) is 28.9 Å². The Kier molecular flexibility index (Phi) is 6.43. The first-order valence-electron chi connectivity index (χ1n) is 11.7. The number of rotatable bonds is 4. The van der Waals surface area contributed by atoms with Gasteiger partial charge in [0.15, 0.2) is 9.84 Å². The highest BCUT2D eigenvalue weighted by molar-refractivity contribution is 7.92. The molecule has 0 radical (unpaired) electrons. The number of carbonyl (C=O) groups excluding carboxylic acids is 1. The number of likely N-dealkylation sites (tertiary alicyclic amines) is 1. The van der Waals surface area contributed by atoms with E-state index in [0.29, 0.717) is 18.0 Å². The highest BCUT2D eigenvalue weighted by Crippen LogP contribution is 2.29. The Hall–Kier alpha value is -2.37. The number of likely N-dealkylation sites (N-methyl/N-ethyl adjacent to an activating group) is 1. The van der Waals surface area contributed by atoms with E-state index in [1.807, 2.05) is 11.1 Å². The lowest BCUT2D eigenvalue weighted by molar-refractivity contribution is 0.0715. The average molecular weight is 503 g/mol. The minimum atomic E-state index is -3.30. The summed E-state index contributed by atoms with van der Waals surface area (Å²) in [6.07, 6.45) is 7.32. The molecule has 1 unspecified atom stereocenters. The Morgan fingerprint density at radius 3 is 2.44 bits per heavy atom. The maximum Gasteiger partial charge on any atom is 0.263 e. The van der Waals surface area contributed by atoms with Crippen LogP contribution < -0.4 is 0 Å². The van der Waals surface area contributed by atoms with E-state index in [9.17, 15) is 13.2 Å². The summed E-state index contributed by atoms with van der Waals surface area (Å²) >= 11 is 1.04. The molecule has 0 spiro atoms. The second-order valence-corrected chi connectivity index (χ2v) is 12.7. The second kappa shape index (κ2) is 9.35. The first-order chi connectivity index (χ1) is 16.3. The molecular weight excluding hydrogens is 472 g/mol. The fourth-order valence-electron chi connectivity index (χ4n) is 4.95. The zero-order chi connectivity index (χ0) is 23.9. The molecule has 0 saturated carbocycles. The van der Waals surface area contributed by atoms with Gasteiger partial charge in [0.2, 0.25) is 0 Å². The highest BCUT2D eigenvalue weighted by atomic mass is 32.2. The van der Waals surface area contributed by atoms with Gasteiger partial charge in [-0.25, -0.2) is 13.4 Å². The fraction of sp³-hybridized carbons (Fsp3) is 0.565. The molecule has 2 saturated heterocycles. The highest BCUT2D eigenvalue weighted by Gasteiger charge is 2.35. The minimum Gasteiger partial charge on any atom is -0.371 e. The van der Waals surface area contributed by atoms with Crippen molar-refractivity contribution in [2.24, 2.45) is 20.9 Å². The zero-order valence-corrected chi connectivity index (χ0v) is 21.2. The third-order valence-corrected chi connectivity index (χ3v) is 9.91. The van der Waals surface area contributed by atoms with Crippen molar-refractivity contribution in [3.05, 3.63) is 28.9 Å². The van der Waals surface area contributed by atoms with E-state index in [4.69, 9.17) is 4.99 Å². The lowest BCUT2D eigenvalue weighted by Crippen LogP contribution is -2.47. The molecule has 0 aliphatic carbocycles. The maximum atomic E-state index is 12.9. The van der Waals surface area contributed by atoms with Crippen LogP contribution in [0.2, 0.25) is 0 Å². The van der Waals surface area contributed by atoms with Crippen molar-refractivity contribution < 1.29 is 13.2 Å². The first-order valence-corrected chi connectivity index (χ1v) is 14.4. The van der Waals surface area contributed by atoms with Crippen LogP contribution in [0, 0.1) is 5.92 Å². The van der Waals surface area contributed by atoms with Crippen LogP contribution in [0.25, 0.3) is 0 Å². The van der Waals surface area contributed by atoms with Crippen LogP contribution in [0.15, 0.2) is 43.2 Å². The number of hydrogen-bond donors (Lipinski definition) is 0. The second-order valence-electron chi connectivity index (χ2n) is 9.38. The molecule has 0 aromatic carbocycles. The number of sulfone groups is 1. The summed E-state index contributed by atoms with van der Waals surface area (Å²) in [4.78, 5) is 34.0. The number of piperazine rings is 1. The van der Waals surface area contributed by atoms with Gasteiger partial charge >= 0.3 is 0 Å². The summed E-state index contributed by atoms with van der Waals surface area (Å²) in [6, 6.07) is 3.15. The molecule has 34 heavy (non-hydrogen) atoms. The van der Waals surface area contributed by atoms with E-state index in [-0.39, 0.29) is 22.1 Å². The van der Waals surface area contributed by atoms with Gasteiger partial charge in [-0.15, -0.1) is 11.3 Å². The molecule has 1 aromatic heterocycles. The van der Waals surface area contributed by atoms with E-state index in [2.05, 4.69) is 26.8 Å². The fourth-order valence-corrected chi connectivity index (χ4v) is 6.84. The van der Waals surface area contributed by atoms with Crippen LogP contribution in [0.3, 0.4) is 0 Å². The Labute approximate surface area is 204 Å². The van der Waals surface area contributed by atoms with E-state index in [1.165, 1.54) is 11.8 Å². The molecule has 0 bridgehead atoms. The number of carbonyl (C=O) groups is 1. The van der Waals surface area contributed by atoms with Gasteiger partial charge < -0.3 is 14.7 Å². The van der Waals surface area contributed by atoms with Crippen LogP contribution in [-0.4, -0.2) is 105 Å². The summed E-state index contributed by atoms with van der Waals surface area (Å²) in [6.45, 7) is 5.40. The number of thiophene rings is 1. The van der Waals surface area contributed by atoms with E-state index >= 15 is 0 Å². The lowest BCUT2D eigenvalue weighted by atomic mass is 9.85. The average Bonchev–Trinajstić information content (AvgIpc) is 3.35. The van der Waals surface area contributed by atoms with Gasteiger partial charge in [-0.1, -0.05) is 0 Å². The molecule has 11 heteroatoms. The summed E-state index contributed by atoms with van der Waals surface area (Å²) in [5.74, 6) is 0.142. The monoisotopic (exact) mass is 502 g/mol.